The van der Waals surface area contributed by atoms with Crippen molar-refractivity contribution >= 4 is 61.1 Å². The molecule has 1 unspecified atom stereocenters. The van der Waals surface area contributed by atoms with Crippen molar-refractivity contribution in [3.8, 4) is 22.6 Å². The van der Waals surface area contributed by atoms with Crippen LogP contribution in [-0.2, 0) is 38.2 Å². The van der Waals surface area contributed by atoms with Crippen LogP contribution in [0, 0.1) is 11.2 Å². The normalized spacial score (nSPS) is 16.6. The van der Waals surface area contributed by atoms with Crippen molar-refractivity contribution in [1.82, 2.24) is 19.2 Å². The van der Waals surface area contributed by atoms with Gasteiger partial charge >= 0.3 is 15.9 Å². The van der Waals surface area contributed by atoms with E-state index < -0.39 is 40.4 Å². The van der Waals surface area contributed by atoms with Crippen LogP contribution in [0.3, 0.4) is 0 Å². The van der Waals surface area contributed by atoms with E-state index in [9.17, 15) is 27.6 Å². The number of carbonyl (C=O) groups is 3. The average molecular weight is 835 g/mol. The van der Waals surface area contributed by atoms with E-state index in [1.165, 1.54) is 15.2 Å². The minimum absolute atomic E-state index is 0.0182. The number of nitrogens with zero attached hydrogens (tertiary/aromatic N) is 3. The molecule has 16 heteroatoms. The molecule has 1 atom stereocenters. The van der Waals surface area contributed by atoms with Crippen LogP contribution in [0.5, 0.6) is 11.5 Å². The number of imide groups is 1. The Kier molecular flexibility index (Phi) is 10.6. The Morgan fingerprint density at radius 1 is 0.867 bits per heavy atom. The number of carbonyl (C=O) groups excluding carboxylic acids is 3. The van der Waals surface area contributed by atoms with Gasteiger partial charge in [0.2, 0.25) is 11.8 Å². The molecule has 3 N–H and O–H groups in total. The molecule has 0 saturated carbocycles. The summed E-state index contributed by atoms with van der Waals surface area (Å²) >= 11 is 0. The molecule has 3 heterocycles. The third-order valence-electron chi connectivity index (χ3n) is 10.9. The molecule has 0 spiro atoms. The number of fused-ring (bicyclic) bond motifs is 2. The highest BCUT2D eigenvalue weighted by Gasteiger charge is 2.38. The number of hydrogen-bond donors (Lipinski definition) is 3. The quantitative estimate of drug-likeness (QED) is 0.119. The van der Waals surface area contributed by atoms with E-state index >= 15 is 4.39 Å². The topological polar surface area (TPSA) is 170 Å². The molecule has 1 aromatic heterocycles. The van der Waals surface area contributed by atoms with Crippen LogP contribution in [0.15, 0.2) is 102 Å². The number of hydrogen-bond acceptors (Lipinski definition) is 9. The number of piperidine rings is 1. The van der Waals surface area contributed by atoms with E-state index in [1.54, 1.807) is 25.2 Å². The van der Waals surface area contributed by atoms with E-state index in [1.807, 2.05) is 77.5 Å². The molecule has 2 aliphatic rings. The zero-order valence-electron chi connectivity index (χ0n) is 33.2. The SMILES string of the molecule is Cn1c(=O)n(C2CCC(=O)NC2=O)c2ccc(-c3ccc(NCC(C)(C)CCOc4ccc5cc(OCc6ccccc6)c(N6CC(=O)NS6(=O)=O)c(F)c5c4)cc3)cc21. The minimum atomic E-state index is -4.33. The van der Waals surface area contributed by atoms with Gasteiger partial charge in [-0.1, -0.05) is 68.4 Å². The fourth-order valence-corrected chi connectivity index (χ4v) is 8.70. The molecule has 0 aliphatic carbocycles. The van der Waals surface area contributed by atoms with Crippen LogP contribution >= 0.6 is 0 Å². The molecule has 5 aromatic carbocycles. The standard InChI is InChI=1S/C44H43FN6O8S/c1-44(2,26-46-31-13-9-28(10-14-31)29-12-16-34-36(21-29)49(3)43(55)51(34)35-17-18-38(52)47-42(35)54)19-20-58-32-15-11-30-22-37(59-25-27-7-5-4-6-8-27)41(40(45)33(30)23-32)50-24-39(53)48-60(50,56)57/h4-16,21-23,35,46H,17-20,24-26H2,1-3H3,(H,48,53)(H,47,52,54). The molecule has 2 saturated heterocycles. The first kappa shape index (κ1) is 40.1. The first-order valence-corrected chi connectivity index (χ1v) is 20.9. The fourth-order valence-electron chi connectivity index (χ4n) is 7.54. The molecule has 2 aliphatic heterocycles. The van der Waals surface area contributed by atoms with Gasteiger partial charge in [-0.05, 0) is 82.8 Å². The van der Waals surface area contributed by atoms with Crippen molar-refractivity contribution in [2.24, 2.45) is 12.5 Å². The lowest BCUT2D eigenvalue weighted by Gasteiger charge is -2.26. The first-order valence-electron chi connectivity index (χ1n) is 19.5. The number of anilines is 2. The van der Waals surface area contributed by atoms with Crippen LogP contribution in [0.25, 0.3) is 32.9 Å². The lowest BCUT2D eigenvalue weighted by Crippen LogP contribution is -2.44. The summed E-state index contributed by atoms with van der Waals surface area (Å²) in [4.78, 5) is 49.6. The summed E-state index contributed by atoms with van der Waals surface area (Å²) < 4.78 is 59.7. The lowest BCUT2D eigenvalue weighted by atomic mass is 9.89. The molecular formula is C44H43FN6O8S. The number of ether oxygens (including phenoxy) is 2. The maximum absolute atomic E-state index is 16.4. The highest BCUT2D eigenvalue weighted by atomic mass is 32.2. The molecule has 6 aromatic rings. The number of imidazole rings is 1. The van der Waals surface area contributed by atoms with Gasteiger partial charge in [0, 0.05) is 31.1 Å². The third-order valence-corrected chi connectivity index (χ3v) is 12.3. The second-order valence-corrected chi connectivity index (χ2v) is 17.4. The van der Waals surface area contributed by atoms with Gasteiger partial charge in [0.1, 0.15) is 36.4 Å². The summed E-state index contributed by atoms with van der Waals surface area (Å²) in [5.74, 6) is -2.06. The lowest BCUT2D eigenvalue weighted by molar-refractivity contribution is -0.135. The summed E-state index contributed by atoms with van der Waals surface area (Å²) in [6.07, 6.45) is 1.09. The zero-order valence-corrected chi connectivity index (χ0v) is 34.0. The smallest absolute Gasteiger partial charge is 0.329 e. The summed E-state index contributed by atoms with van der Waals surface area (Å²) in [6, 6.07) is 28.5. The Morgan fingerprint density at radius 2 is 1.62 bits per heavy atom. The number of nitrogens with one attached hydrogen (secondary N) is 3. The summed E-state index contributed by atoms with van der Waals surface area (Å²) in [5, 5.41) is 6.41. The van der Waals surface area contributed by atoms with Crippen LogP contribution in [0.2, 0.25) is 0 Å². The van der Waals surface area contributed by atoms with Gasteiger partial charge < -0.3 is 14.8 Å². The zero-order chi connectivity index (χ0) is 42.3. The van der Waals surface area contributed by atoms with E-state index in [0.717, 1.165) is 22.4 Å². The Labute approximate surface area is 345 Å². The predicted molar refractivity (Wildman–Crippen MR) is 226 cm³/mol. The highest BCUT2D eigenvalue weighted by Crippen LogP contribution is 2.41. The number of aromatic nitrogens is 2. The van der Waals surface area contributed by atoms with E-state index in [2.05, 4.69) is 24.5 Å². The largest absolute Gasteiger partial charge is 0.494 e. The van der Waals surface area contributed by atoms with Gasteiger partial charge in [-0.25, -0.2) is 18.2 Å². The summed E-state index contributed by atoms with van der Waals surface area (Å²) in [5.41, 5.74) is 3.96. The molecule has 0 bridgehead atoms. The monoisotopic (exact) mass is 834 g/mol. The van der Waals surface area contributed by atoms with E-state index in [0.29, 0.717) is 46.0 Å². The van der Waals surface area contributed by atoms with Crippen molar-refractivity contribution in [2.45, 2.75) is 45.8 Å². The summed E-state index contributed by atoms with van der Waals surface area (Å²) in [7, 11) is -2.67. The molecular weight excluding hydrogens is 792 g/mol. The van der Waals surface area contributed by atoms with Gasteiger partial charge in [-0.2, -0.15) is 8.42 Å². The molecule has 2 fully saturated rings. The van der Waals surface area contributed by atoms with Crippen molar-refractivity contribution in [1.29, 1.82) is 0 Å². The third kappa shape index (κ3) is 8.02. The van der Waals surface area contributed by atoms with Crippen molar-refractivity contribution in [3.05, 3.63) is 119 Å². The minimum Gasteiger partial charge on any atom is -0.494 e. The van der Waals surface area contributed by atoms with Crippen LogP contribution in [0.4, 0.5) is 15.8 Å². The molecule has 310 valence electrons. The van der Waals surface area contributed by atoms with Crippen molar-refractivity contribution in [3.63, 3.8) is 0 Å². The molecule has 60 heavy (non-hydrogen) atoms. The van der Waals surface area contributed by atoms with Gasteiger partial charge in [-0.15, -0.1) is 0 Å². The Morgan fingerprint density at radius 3 is 2.33 bits per heavy atom. The van der Waals surface area contributed by atoms with Crippen LogP contribution in [-0.4, -0.2) is 55.0 Å². The average Bonchev–Trinajstić information content (AvgIpc) is 3.64. The first-order chi connectivity index (χ1) is 28.7. The number of amides is 3. The number of benzene rings is 5. The number of rotatable bonds is 13. The Hall–Kier alpha value is -6.68. The van der Waals surface area contributed by atoms with Crippen LogP contribution < -0.4 is 34.8 Å². The van der Waals surface area contributed by atoms with Gasteiger partial charge in [0.15, 0.2) is 5.82 Å². The Bertz CT molecular complexity index is 2840. The molecule has 14 nitrogen and oxygen atoms in total. The maximum atomic E-state index is 16.4. The van der Waals surface area contributed by atoms with E-state index in [-0.39, 0.29) is 53.3 Å². The van der Waals surface area contributed by atoms with Gasteiger partial charge in [0.25, 0.3) is 5.91 Å². The molecule has 3 amide bonds. The number of halogens is 1. The van der Waals surface area contributed by atoms with Gasteiger partial charge in [0.05, 0.1) is 17.6 Å². The van der Waals surface area contributed by atoms with Crippen molar-refractivity contribution in [2.75, 3.05) is 29.3 Å². The highest BCUT2D eigenvalue weighted by molar-refractivity contribution is 7.92. The second kappa shape index (κ2) is 15.8. The van der Waals surface area contributed by atoms with E-state index in [4.69, 9.17) is 9.47 Å². The molecule has 8 rings (SSSR count). The van der Waals surface area contributed by atoms with Crippen molar-refractivity contribution < 1.29 is 36.7 Å². The Balaban J connectivity index is 0.915. The second-order valence-electron chi connectivity index (χ2n) is 15.8. The van der Waals surface area contributed by atoms with Crippen LogP contribution in [0.1, 0.15) is 44.7 Å². The predicted octanol–water partition coefficient (Wildman–Crippen LogP) is 5.94. The number of aryl methyl sites for hydroxylation is 1. The maximum Gasteiger partial charge on any atom is 0.329 e. The summed E-state index contributed by atoms with van der Waals surface area (Å²) in [6.45, 7) is 4.62. The van der Waals surface area contributed by atoms with Gasteiger partial charge in [-0.3, -0.25) is 28.8 Å². The fraction of sp³-hybridized carbons (Fsp3) is 0.273. The molecule has 0 radical (unpaired) electrons.